The molecule has 0 spiro atoms. The predicted octanol–water partition coefficient (Wildman–Crippen LogP) is 2.33. The van der Waals surface area contributed by atoms with Crippen molar-refractivity contribution in [3.63, 3.8) is 0 Å². The molecule has 4 nitrogen and oxygen atoms in total. The fourth-order valence-corrected chi connectivity index (χ4v) is 2.50. The second-order valence-corrected chi connectivity index (χ2v) is 4.98. The van der Waals surface area contributed by atoms with Gasteiger partial charge in [-0.1, -0.05) is 0 Å². The molecule has 0 radical (unpaired) electrons. The third-order valence-electron chi connectivity index (χ3n) is 3.55. The molecule has 1 aliphatic rings. The average molecular weight is 258 g/mol. The van der Waals surface area contributed by atoms with Crippen LogP contribution in [-0.4, -0.2) is 43.2 Å². The van der Waals surface area contributed by atoms with E-state index in [-0.39, 0.29) is 6.10 Å². The maximum absolute atomic E-state index is 6.12. The number of aromatic nitrogens is 1. The van der Waals surface area contributed by atoms with Crippen molar-refractivity contribution in [3.05, 3.63) is 30.5 Å². The SMILES string of the molecule is COc1ccc2nccc(O[C@H]3CCN(C)C3)c2c1. The van der Waals surface area contributed by atoms with Crippen LogP contribution in [0, 0.1) is 0 Å². The fraction of sp³-hybridized carbons (Fsp3) is 0.400. The van der Waals surface area contributed by atoms with Crippen molar-refractivity contribution in [1.29, 1.82) is 0 Å². The van der Waals surface area contributed by atoms with E-state index in [2.05, 4.69) is 16.9 Å². The highest BCUT2D eigenvalue weighted by Crippen LogP contribution is 2.29. The van der Waals surface area contributed by atoms with Crippen molar-refractivity contribution in [2.45, 2.75) is 12.5 Å². The van der Waals surface area contributed by atoms with Gasteiger partial charge in [-0.3, -0.25) is 4.98 Å². The minimum Gasteiger partial charge on any atom is -0.497 e. The molecule has 1 aliphatic heterocycles. The summed E-state index contributed by atoms with van der Waals surface area (Å²) in [6.45, 7) is 2.07. The Hall–Kier alpha value is -1.81. The number of rotatable bonds is 3. The molecular weight excluding hydrogens is 240 g/mol. The standard InChI is InChI=1S/C15H18N2O2/c1-17-8-6-12(10-17)19-15-5-7-16-14-4-3-11(18-2)9-13(14)15/h3-5,7,9,12H,6,8,10H2,1-2H3/t12-/m0/s1. The summed E-state index contributed by atoms with van der Waals surface area (Å²) in [5.41, 5.74) is 0.935. The first-order valence-corrected chi connectivity index (χ1v) is 6.54. The van der Waals surface area contributed by atoms with Gasteiger partial charge in [0.05, 0.1) is 12.6 Å². The summed E-state index contributed by atoms with van der Waals surface area (Å²) in [6.07, 6.45) is 3.13. The molecule has 0 bridgehead atoms. The van der Waals surface area contributed by atoms with Gasteiger partial charge in [0.1, 0.15) is 17.6 Å². The third-order valence-corrected chi connectivity index (χ3v) is 3.55. The number of hydrogen-bond donors (Lipinski definition) is 0. The zero-order valence-corrected chi connectivity index (χ0v) is 11.3. The normalized spacial score (nSPS) is 19.8. The Balaban J connectivity index is 1.93. The van der Waals surface area contributed by atoms with E-state index < -0.39 is 0 Å². The largest absolute Gasteiger partial charge is 0.497 e. The van der Waals surface area contributed by atoms with Gasteiger partial charge in [0.25, 0.3) is 0 Å². The van der Waals surface area contributed by atoms with Gasteiger partial charge >= 0.3 is 0 Å². The van der Waals surface area contributed by atoms with E-state index in [1.165, 1.54) is 0 Å². The topological polar surface area (TPSA) is 34.6 Å². The molecule has 100 valence electrons. The van der Waals surface area contributed by atoms with Crippen LogP contribution in [0.2, 0.25) is 0 Å². The number of pyridine rings is 1. The van der Waals surface area contributed by atoms with E-state index >= 15 is 0 Å². The van der Waals surface area contributed by atoms with Crippen LogP contribution in [0.4, 0.5) is 0 Å². The molecule has 0 unspecified atom stereocenters. The number of likely N-dealkylation sites (N-methyl/N-ethyl adjacent to an activating group) is 1. The van der Waals surface area contributed by atoms with Gasteiger partial charge in [0.15, 0.2) is 0 Å². The lowest BCUT2D eigenvalue weighted by atomic mass is 10.2. The van der Waals surface area contributed by atoms with Crippen molar-refractivity contribution in [1.82, 2.24) is 9.88 Å². The van der Waals surface area contributed by atoms with Crippen molar-refractivity contribution in [2.24, 2.45) is 0 Å². The van der Waals surface area contributed by atoms with Crippen LogP contribution < -0.4 is 9.47 Å². The van der Waals surface area contributed by atoms with Crippen LogP contribution in [-0.2, 0) is 0 Å². The zero-order chi connectivity index (χ0) is 13.2. The summed E-state index contributed by atoms with van der Waals surface area (Å²) in [5.74, 6) is 1.72. The van der Waals surface area contributed by atoms with Crippen molar-refractivity contribution in [2.75, 3.05) is 27.2 Å². The molecule has 1 saturated heterocycles. The summed E-state index contributed by atoms with van der Waals surface area (Å²) in [7, 11) is 3.79. The molecular formula is C15H18N2O2. The van der Waals surface area contributed by atoms with Gasteiger partial charge in [-0.2, -0.15) is 0 Å². The number of fused-ring (bicyclic) bond motifs is 1. The highest BCUT2D eigenvalue weighted by atomic mass is 16.5. The molecule has 1 aromatic heterocycles. The lowest BCUT2D eigenvalue weighted by molar-refractivity contribution is 0.210. The monoisotopic (exact) mass is 258 g/mol. The lowest BCUT2D eigenvalue weighted by Gasteiger charge is -2.15. The van der Waals surface area contributed by atoms with Gasteiger partial charge < -0.3 is 14.4 Å². The summed E-state index contributed by atoms with van der Waals surface area (Å²) in [5, 5.41) is 1.01. The van der Waals surface area contributed by atoms with Gasteiger partial charge in [-0.15, -0.1) is 0 Å². The highest BCUT2D eigenvalue weighted by molar-refractivity contribution is 5.86. The van der Waals surface area contributed by atoms with E-state index in [0.717, 1.165) is 41.9 Å². The van der Waals surface area contributed by atoms with E-state index in [1.54, 1.807) is 13.3 Å². The summed E-state index contributed by atoms with van der Waals surface area (Å²) in [6, 6.07) is 7.79. The molecule has 0 amide bonds. The number of hydrogen-bond acceptors (Lipinski definition) is 4. The summed E-state index contributed by atoms with van der Waals surface area (Å²) >= 11 is 0. The number of likely N-dealkylation sites (tertiary alicyclic amines) is 1. The van der Waals surface area contributed by atoms with E-state index in [1.807, 2.05) is 24.3 Å². The smallest absolute Gasteiger partial charge is 0.130 e. The molecule has 3 rings (SSSR count). The molecule has 2 heterocycles. The Labute approximate surface area is 113 Å². The quantitative estimate of drug-likeness (QED) is 0.846. The number of methoxy groups -OCH3 is 1. The maximum Gasteiger partial charge on any atom is 0.130 e. The molecule has 2 aromatic rings. The maximum atomic E-state index is 6.12. The Morgan fingerprint density at radius 3 is 2.95 bits per heavy atom. The number of nitrogens with zero attached hydrogens (tertiary/aromatic N) is 2. The van der Waals surface area contributed by atoms with E-state index in [0.29, 0.717) is 0 Å². The summed E-state index contributed by atoms with van der Waals surface area (Å²) < 4.78 is 11.4. The third kappa shape index (κ3) is 2.49. The van der Waals surface area contributed by atoms with Crippen LogP contribution in [0.1, 0.15) is 6.42 Å². The molecule has 0 saturated carbocycles. The Kier molecular flexibility index (Phi) is 3.25. The van der Waals surface area contributed by atoms with E-state index in [9.17, 15) is 0 Å². The average Bonchev–Trinajstić information content (AvgIpc) is 2.84. The van der Waals surface area contributed by atoms with Crippen LogP contribution in [0.5, 0.6) is 11.5 Å². The molecule has 1 aromatic carbocycles. The van der Waals surface area contributed by atoms with Crippen LogP contribution in [0.3, 0.4) is 0 Å². The lowest BCUT2D eigenvalue weighted by Crippen LogP contribution is -2.21. The molecule has 19 heavy (non-hydrogen) atoms. The first-order chi connectivity index (χ1) is 9.26. The first-order valence-electron chi connectivity index (χ1n) is 6.54. The predicted molar refractivity (Wildman–Crippen MR) is 74.8 cm³/mol. The molecule has 1 atom stereocenters. The van der Waals surface area contributed by atoms with Crippen LogP contribution in [0.15, 0.2) is 30.5 Å². The minimum atomic E-state index is 0.266. The van der Waals surface area contributed by atoms with Crippen LogP contribution in [0.25, 0.3) is 10.9 Å². The minimum absolute atomic E-state index is 0.266. The van der Waals surface area contributed by atoms with Gasteiger partial charge in [-0.25, -0.2) is 0 Å². The van der Waals surface area contributed by atoms with Gasteiger partial charge in [0, 0.05) is 24.7 Å². The van der Waals surface area contributed by atoms with Crippen molar-refractivity contribution < 1.29 is 9.47 Å². The molecule has 0 aliphatic carbocycles. The van der Waals surface area contributed by atoms with E-state index in [4.69, 9.17) is 9.47 Å². The molecule has 0 N–H and O–H groups in total. The summed E-state index contributed by atoms with van der Waals surface area (Å²) in [4.78, 5) is 6.65. The van der Waals surface area contributed by atoms with Crippen molar-refractivity contribution >= 4 is 10.9 Å². The Morgan fingerprint density at radius 1 is 1.32 bits per heavy atom. The van der Waals surface area contributed by atoms with Crippen molar-refractivity contribution in [3.8, 4) is 11.5 Å². The highest BCUT2D eigenvalue weighted by Gasteiger charge is 2.21. The first kappa shape index (κ1) is 12.2. The van der Waals surface area contributed by atoms with Gasteiger partial charge in [0.2, 0.25) is 0 Å². The van der Waals surface area contributed by atoms with Crippen LogP contribution >= 0.6 is 0 Å². The molecule has 1 fully saturated rings. The fourth-order valence-electron chi connectivity index (χ4n) is 2.50. The number of benzene rings is 1. The Morgan fingerprint density at radius 2 is 2.21 bits per heavy atom. The second-order valence-electron chi connectivity index (χ2n) is 4.98. The van der Waals surface area contributed by atoms with Gasteiger partial charge in [-0.05, 0) is 37.7 Å². The zero-order valence-electron chi connectivity index (χ0n) is 11.3. The molecule has 4 heteroatoms. The Bertz CT molecular complexity index is 585. The second kappa shape index (κ2) is 5.05. The number of ether oxygens (including phenoxy) is 2.